The van der Waals surface area contributed by atoms with Crippen molar-refractivity contribution >= 4 is 17.4 Å². The van der Waals surface area contributed by atoms with Gasteiger partial charge in [0.2, 0.25) is 0 Å². The van der Waals surface area contributed by atoms with Crippen LogP contribution in [0.15, 0.2) is 36.4 Å². The molecule has 0 unspecified atom stereocenters. The summed E-state index contributed by atoms with van der Waals surface area (Å²) >= 11 is 5.95. The molecule has 4 heteroatoms. The summed E-state index contributed by atoms with van der Waals surface area (Å²) in [6.07, 6.45) is 0.785. The maximum atomic E-state index is 13.2. The van der Waals surface area contributed by atoms with E-state index in [1.54, 1.807) is 18.2 Å². The summed E-state index contributed by atoms with van der Waals surface area (Å²) in [5.41, 5.74) is 1.68. The minimum Gasteiger partial charge on any atom is -0.493 e. The molecule has 0 bridgehead atoms. The van der Waals surface area contributed by atoms with Crippen LogP contribution >= 0.6 is 11.6 Å². The molecule has 3 rings (SSSR count). The van der Waals surface area contributed by atoms with Crippen LogP contribution in [-0.2, 0) is 6.42 Å². The molecule has 2 nitrogen and oxygen atoms in total. The summed E-state index contributed by atoms with van der Waals surface area (Å²) < 4.78 is 18.6. The average Bonchev–Trinajstić information content (AvgIpc) is 2.88. The van der Waals surface area contributed by atoms with E-state index in [2.05, 4.69) is 0 Å². The van der Waals surface area contributed by atoms with Gasteiger partial charge in [0.05, 0.1) is 11.6 Å². The SMILES string of the molecule is O=C(c1ccc2c(c1)CCO2)c1cc(F)ccc1Cl. The molecule has 96 valence electrons. The molecule has 0 amide bonds. The summed E-state index contributed by atoms with van der Waals surface area (Å²) in [7, 11) is 0. The van der Waals surface area contributed by atoms with E-state index < -0.39 is 5.82 Å². The van der Waals surface area contributed by atoms with Gasteiger partial charge in [-0.1, -0.05) is 11.6 Å². The molecule has 2 aromatic carbocycles. The maximum Gasteiger partial charge on any atom is 0.194 e. The molecule has 0 atom stereocenters. The second-order valence-electron chi connectivity index (χ2n) is 4.37. The third-order valence-electron chi connectivity index (χ3n) is 3.12. The van der Waals surface area contributed by atoms with Crippen molar-refractivity contribution < 1.29 is 13.9 Å². The van der Waals surface area contributed by atoms with Crippen LogP contribution in [0.4, 0.5) is 4.39 Å². The van der Waals surface area contributed by atoms with Crippen molar-refractivity contribution in [1.29, 1.82) is 0 Å². The third kappa shape index (κ3) is 2.22. The zero-order valence-corrected chi connectivity index (χ0v) is 10.7. The van der Waals surface area contributed by atoms with Gasteiger partial charge in [-0.3, -0.25) is 4.79 Å². The highest BCUT2D eigenvalue weighted by Gasteiger charge is 2.18. The quantitative estimate of drug-likeness (QED) is 0.783. The van der Waals surface area contributed by atoms with Crippen molar-refractivity contribution in [2.24, 2.45) is 0 Å². The summed E-state index contributed by atoms with van der Waals surface area (Å²) in [4.78, 5) is 12.3. The maximum absolute atomic E-state index is 13.2. The number of hydrogen-bond donors (Lipinski definition) is 0. The predicted molar refractivity (Wildman–Crippen MR) is 70.5 cm³/mol. The Kier molecular flexibility index (Phi) is 2.99. The van der Waals surface area contributed by atoms with Crippen molar-refractivity contribution in [3.63, 3.8) is 0 Å². The van der Waals surface area contributed by atoms with Gasteiger partial charge in [0.1, 0.15) is 11.6 Å². The summed E-state index contributed by atoms with van der Waals surface area (Å²) in [6.45, 7) is 0.633. The first-order valence-corrected chi connectivity index (χ1v) is 6.28. The molecule has 2 aromatic rings. The Labute approximate surface area is 114 Å². The number of hydrogen-bond acceptors (Lipinski definition) is 2. The zero-order valence-electron chi connectivity index (χ0n) is 9.95. The highest BCUT2D eigenvalue weighted by Crippen LogP contribution is 2.28. The number of carbonyl (C=O) groups is 1. The fourth-order valence-corrected chi connectivity index (χ4v) is 2.36. The topological polar surface area (TPSA) is 26.3 Å². The Balaban J connectivity index is 2.02. The van der Waals surface area contributed by atoms with E-state index in [9.17, 15) is 9.18 Å². The monoisotopic (exact) mass is 276 g/mol. The molecule has 0 fully saturated rings. The lowest BCUT2D eigenvalue weighted by Crippen LogP contribution is -2.03. The Hall–Kier alpha value is -1.87. The smallest absolute Gasteiger partial charge is 0.194 e. The molecular formula is C15H10ClFO2. The van der Waals surface area contributed by atoms with Crippen LogP contribution in [-0.4, -0.2) is 12.4 Å². The summed E-state index contributed by atoms with van der Waals surface area (Å²) in [5, 5.41) is 0.253. The van der Waals surface area contributed by atoms with Crippen LogP contribution in [0.2, 0.25) is 5.02 Å². The normalized spacial score (nSPS) is 12.9. The number of benzene rings is 2. The lowest BCUT2D eigenvalue weighted by atomic mass is 10.0. The molecule has 1 aliphatic heterocycles. The Morgan fingerprint density at radius 2 is 2.05 bits per heavy atom. The lowest BCUT2D eigenvalue weighted by molar-refractivity contribution is 0.103. The van der Waals surface area contributed by atoms with Gasteiger partial charge in [0.15, 0.2) is 5.78 Å². The largest absolute Gasteiger partial charge is 0.493 e. The van der Waals surface area contributed by atoms with Gasteiger partial charge in [0.25, 0.3) is 0 Å². The average molecular weight is 277 g/mol. The zero-order chi connectivity index (χ0) is 13.4. The number of carbonyl (C=O) groups excluding carboxylic acids is 1. The predicted octanol–water partition coefficient (Wildman–Crippen LogP) is 3.65. The third-order valence-corrected chi connectivity index (χ3v) is 3.45. The first-order valence-electron chi connectivity index (χ1n) is 5.90. The van der Waals surface area contributed by atoms with E-state index in [1.807, 2.05) is 0 Å². The number of rotatable bonds is 2. The Bertz CT molecular complexity index is 667. The van der Waals surface area contributed by atoms with Crippen molar-refractivity contribution in [1.82, 2.24) is 0 Å². The van der Waals surface area contributed by atoms with Crippen molar-refractivity contribution in [2.75, 3.05) is 6.61 Å². The number of ether oxygens (including phenoxy) is 1. The van der Waals surface area contributed by atoms with Gasteiger partial charge in [-0.05, 0) is 42.0 Å². The van der Waals surface area contributed by atoms with Crippen LogP contribution < -0.4 is 4.74 Å². The van der Waals surface area contributed by atoms with Crippen LogP contribution in [0, 0.1) is 5.82 Å². The van der Waals surface area contributed by atoms with Crippen molar-refractivity contribution in [3.8, 4) is 5.75 Å². The molecule has 0 spiro atoms. The van der Waals surface area contributed by atoms with Gasteiger partial charge in [-0.25, -0.2) is 4.39 Å². The van der Waals surface area contributed by atoms with Gasteiger partial charge in [-0.15, -0.1) is 0 Å². The van der Waals surface area contributed by atoms with E-state index >= 15 is 0 Å². The molecule has 0 N–H and O–H groups in total. The van der Waals surface area contributed by atoms with Crippen LogP contribution in [0.3, 0.4) is 0 Å². The molecule has 0 aliphatic carbocycles. The van der Waals surface area contributed by atoms with Crippen LogP contribution in [0.25, 0.3) is 0 Å². The Morgan fingerprint density at radius 3 is 2.89 bits per heavy atom. The standard InChI is InChI=1S/C15H10ClFO2/c16-13-3-2-11(17)8-12(13)15(18)10-1-4-14-9(7-10)5-6-19-14/h1-4,7-8H,5-6H2. The lowest BCUT2D eigenvalue weighted by Gasteiger charge is -2.05. The first kappa shape index (κ1) is 12.2. The van der Waals surface area contributed by atoms with Gasteiger partial charge in [-0.2, -0.15) is 0 Å². The van der Waals surface area contributed by atoms with Crippen molar-refractivity contribution in [2.45, 2.75) is 6.42 Å². The van der Waals surface area contributed by atoms with Gasteiger partial charge in [0, 0.05) is 17.5 Å². The minimum absolute atomic E-state index is 0.181. The van der Waals surface area contributed by atoms with Crippen LogP contribution in [0.5, 0.6) is 5.75 Å². The fraction of sp³-hybridized carbons (Fsp3) is 0.133. The molecule has 1 aliphatic rings. The molecule has 1 heterocycles. The second-order valence-corrected chi connectivity index (χ2v) is 4.78. The number of halogens is 2. The van der Waals surface area contributed by atoms with E-state index in [0.717, 1.165) is 23.8 Å². The molecule has 0 aromatic heterocycles. The first-order chi connectivity index (χ1) is 9.15. The van der Waals surface area contributed by atoms with Crippen LogP contribution in [0.1, 0.15) is 21.5 Å². The van der Waals surface area contributed by atoms with Gasteiger partial charge >= 0.3 is 0 Å². The van der Waals surface area contributed by atoms with E-state index in [-0.39, 0.29) is 16.4 Å². The highest BCUT2D eigenvalue weighted by molar-refractivity contribution is 6.35. The number of ketones is 1. The molecule has 0 saturated carbocycles. The molecule has 0 saturated heterocycles. The minimum atomic E-state index is -0.475. The number of fused-ring (bicyclic) bond motifs is 1. The highest BCUT2D eigenvalue weighted by atomic mass is 35.5. The fourth-order valence-electron chi connectivity index (χ4n) is 2.15. The van der Waals surface area contributed by atoms with Gasteiger partial charge < -0.3 is 4.74 Å². The molecule has 0 radical (unpaired) electrons. The van der Waals surface area contributed by atoms with E-state index in [4.69, 9.17) is 16.3 Å². The van der Waals surface area contributed by atoms with E-state index in [1.165, 1.54) is 12.1 Å². The molecular weight excluding hydrogens is 267 g/mol. The summed E-state index contributed by atoms with van der Waals surface area (Å²) in [5.74, 6) is 0.0540. The molecule has 19 heavy (non-hydrogen) atoms. The summed E-state index contributed by atoms with van der Waals surface area (Å²) in [6, 6.07) is 9.01. The van der Waals surface area contributed by atoms with E-state index in [0.29, 0.717) is 12.2 Å². The van der Waals surface area contributed by atoms with Crippen molar-refractivity contribution in [3.05, 3.63) is 63.9 Å². The second kappa shape index (κ2) is 4.67. The Morgan fingerprint density at radius 1 is 1.21 bits per heavy atom.